The summed E-state index contributed by atoms with van der Waals surface area (Å²) in [6.07, 6.45) is 3.61. The zero-order valence-electron chi connectivity index (χ0n) is 5.21. The van der Waals surface area contributed by atoms with E-state index in [9.17, 15) is 0 Å². The van der Waals surface area contributed by atoms with E-state index < -0.39 is 0 Å². The lowest BCUT2D eigenvalue weighted by molar-refractivity contribution is 0.828. The molecule has 0 saturated carbocycles. The van der Waals surface area contributed by atoms with Crippen LogP contribution in [0.1, 0.15) is 26.2 Å². The molecule has 0 spiro atoms. The molecular weight excluding hydrogens is 176 g/mol. The first-order valence-electron chi connectivity index (χ1n) is 2.93. The van der Waals surface area contributed by atoms with Gasteiger partial charge in [0.2, 0.25) is 0 Å². The van der Waals surface area contributed by atoms with Crippen LogP contribution in [0.4, 0.5) is 0 Å². The molecule has 2 heteroatoms. The molecule has 0 nitrogen and oxygen atoms in total. The molecule has 42 valence electrons. The summed E-state index contributed by atoms with van der Waals surface area (Å²) >= 11 is 3.20. The van der Waals surface area contributed by atoms with Gasteiger partial charge in [0.1, 0.15) is 0 Å². The molecule has 0 amide bonds. The maximum atomic E-state index is 3.37. The molecule has 0 aromatic heterocycles. The van der Waals surface area contributed by atoms with E-state index in [-0.39, 0.29) is 18.2 Å². The molecule has 0 rings (SSSR count). The molecule has 0 aliphatic heterocycles. The van der Waals surface area contributed by atoms with Crippen LogP contribution in [-0.4, -0.2) is 18.2 Å². The Labute approximate surface area is 67.0 Å². The molecule has 0 saturated heterocycles. The largest absolute Gasteiger partial charge is 0.569 e. The van der Waals surface area contributed by atoms with Gasteiger partial charge in [0.25, 0.3) is 0 Å². The summed E-state index contributed by atoms with van der Waals surface area (Å²) in [6.45, 7) is 2.19. The third-order valence-electron chi connectivity index (χ3n) is 0.847. The van der Waals surface area contributed by atoms with Gasteiger partial charge >= 0.3 is 18.2 Å². The van der Waals surface area contributed by atoms with Crippen LogP contribution in [0.2, 0.25) is 0 Å². The van der Waals surface area contributed by atoms with Crippen molar-refractivity contribution < 1.29 is 0 Å². The Morgan fingerprint density at radius 3 is 2.88 bits per heavy atom. The summed E-state index contributed by atoms with van der Waals surface area (Å²) in [6, 6.07) is 0. The minimum atomic E-state index is -0.163. The van der Waals surface area contributed by atoms with Crippen molar-refractivity contribution >= 4 is 31.1 Å². The van der Waals surface area contributed by atoms with Crippen molar-refractivity contribution in [1.82, 2.24) is 0 Å². The quantitative estimate of drug-likeness (QED) is 0.351. The average Bonchev–Trinajstić information content (AvgIpc) is 1.81. The number of rotatable bonds is 2. The lowest BCUT2D eigenvalue weighted by Crippen LogP contribution is -1.69. The van der Waals surface area contributed by atoms with Crippen LogP contribution < -0.4 is 0 Å². The third-order valence-corrected chi connectivity index (χ3v) is 2.07. The van der Waals surface area contributed by atoms with Crippen molar-refractivity contribution in [2.24, 2.45) is 0 Å². The molecule has 0 aliphatic rings. The Morgan fingerprint density at radius 1 is 1.62 bits per heavy atom. The Kier molecular flexibility index (Phi) is 8.59. The van der Waals surface area contributed by atoms with Crippen LogP contribution in [0.3, 0.4) is 0 Å². The fourth-order valence-electron chi connectivity index (χ4n) is 0.401. The minimum absolute atomic E-state index is 0.163. The summed E-state index contributed by atoms with van der Waals surface area (Å²) in [5.74, 6) is 3.10. The normalized spacial score (nSPS) is 6.75. The van der Waals surface area contributed by atoms with Crippen LogP contribution in [0.5, 0.6) is 0 Å². The van der Waals surface area contributed by atoms with E-state index in [1.165, 1.54) is 12.8 Å². The van der Waals surface area contributed by atoms with Crippen LogP contribution in [0.25, 0.3) is 0 Å². The van der Waals surface area contributed by atoms with Gasteiger partial charge in [0.05, 0.1) is 0 Å². The second kappa shape index (κ2) is 7.81. The first kappa shape index (κ1) is 8.81. The van der Waals surface area contributed by atoms with Crippen LogP contribution in [-0.2, 0) is 0 Å². The van der Waals surface area contributed by atoms with Gasteiger partial charge in [-0.05, 0) is 6.42 Å². The van der Waals surface area contributed by atoms with Crippen molar-refractivity contribution in [3.8, 4) is 9.97 Å². The molecule has 8 heavy (non-hydrogen) atoms. The lowest BCUT2D eigenvalue weighted by atomic mass is 10.3. The van der Waals surface area contributed by atoms with Gasteiger partial charge in [0, 0.05) is 6.42 Å². The van der Waals surface area contributed by atoms with E-state index in [1.807, 2.05) is 0 Å². The molecule has 0 radical (unpaired) electrons. The molecule has 0 heterocycles. The molecule has 0 unspecified atom stereocenters. The average molecular weight is 185 g/mol. The number of hydrogen-bond acceptors (Lipinski definition) is 0. The Hall–Kier alpha value is 0.806. The fourth-order valence-corrected chi connectivity index (χ4v) is 1.27. The second-order valence-corrected chi connectivity index (χ2v) is 3.89. The predicted molar refractivity (Wildman–Crippen MR) is 42.0 cm³/mol. The van der Waals surface area contributed by atoms with Crippen molar-refractivity contribution in [2.45, 2.75) is 26.2 Å². The monoisotopic (exact) mass is 184 g/mol. The van der Waals surface area contributed by atoms with Gasteiger partial charge in [-0.1, -0.05) is 13.3 Å². The van der Waals surface area contributed by atoms with E-state index in [1.54, 1.807) is 0 Å². The van der Waals surface area contributed by atoms with E-state index in [0.29, 0.717) is 0 Å². The molecule has 0 fully saturated rings. The summed E-state index contributed by atoms with van der Waals surface area (Å²) in [5.41, 5.74) is 0. The Balaban J connectivity index is 2.90. The lowest BCUT2D eigenvalue weighted by Gasteiger charge is -1.81. The van der Waals surface area contributed by atoms with Crippen molar-refractivity contribution in [3.63, 3.8) is 0 Å². The molecule has 0 aromatic rings. The molecular formula is C6H9BrMg. The standard InChI is InChI=1S/C6H9.BrH.Mg/c1-3-5-6-4-2;;/h3,5-6H2,1H3;1H;/q;;+1/p-1. The number of halogens is 1. The van der Waals surface area contributed by atoms with E-state index in [4.69, 9.17) is 0 Å². The topological polar surface area (TPSA) is 0 Å². The van der Waals surface area contributed by atoms with Crippen molar-refractivity contribution in [3.05, 3.63) is 0 Å². The highest BCUT2D eigenvalue weighted by Crippen LogP contribution is 1.89. The summed E-state index contributed by atoms with van der Waals surface area (Å²) < 4.78 is 3.09. The van der Waals surface area contributed by atoms with Gasteiger partial charge in [0.15, 0.2) is 0 Å². The molecule has 0 N–H and O–H groups in total. The van der Waals surface area contributed by atoms with Crippen molar-refractivity contribution in [2.75, 3.05) is 0 Å². The summed E-state index contributed by atoms with van der Waals surface area (Å²) in [5, 5.41) is 0. The first-order chi connectivity index (χ1) is 3.91. The van der Waals surface area contributed by atoms with Crippen LogP contribution in [0.15, 0.2) is 0 Å². The summed E-state index contributed by atoms with van der Waals surface area (Å²) in [4.78, 5) is 0. The van der Waals surface area contributed by atoms with Crippen LogP contribution in [0, 0.1) is 9.97 Å². The van der Waals surface area contributed by atoms with Gasteiger partial charge in [-0.15, -0.1) is 5.92 Å². The molecule has 0 bridgehead atoms. The van der Waals surface area contributed by atoms with Gasteiger partial charge < -0.3 is 0 Å². The number of unbranched alkanes of at least 4 members (excludes halogenated alkanes) is 2. The third kappa shape index (κ3) is 6.81. The highest BCUT2D eigenvalue weighted by Gasteiger charge is 1.76. The van der Waals surface area contributed by atoms with E-state index in [2.05, 4.69) is 29.8 Å². The van der Waals surface area contributed by atoms with Crippen LogP contribution >= 0.6 is 12.9 Å². The predicted octanol–water partition coefficient (Wildman–Crippen LogP) is 2.15. The minimum Gasteiger partial charge on any atom is -0.277 e. The second-order valence-electron chi connectivity index (χ2n) is 1.59. The zero-order chi connectivity index (χ0) is 6.24. The molecule has 0 aliphatic carbocycles. The molecule has 0 aromatic carbocycles. The van der Waals surface area contributed by atoms with Gasteiger partial charge in [-0.3, -0.25) is 16.9 Å². The fraction of sp³-hybridized carbons (Fsp3) is 0.667. The zero-order valence-corrected chi connectivity index (χ0v) is 8.21. The Morgan fingerprint density at radius 2 is 2.38 bits per heavy atom. The van der Waals surface area contributed by atoms with E-state index >= 15 is 0 Å². The smallest absolute Gasteiger partial charge is 0.277 e. The molecule has 0 atom stereocenters. The van der Waals surface area contributed by atoms with Gasteiger partial charge in [-0.25, -0.2) is 0 Å². The highest BCUT2D eigenvalue weighted by molar-refractivity contribution is 9.23. The maximum Gasteiger partial charge on any atom is 0.569 e. The highest BCUT2D eigenvalue weighted by atomic mass is 79.9. The first-order valence-corrected chi connectivity index (χ1v) is 7.54. The van der Waals surface area contributed by atoms with E-state index in [0.717, 1.165) is 6.42 Å². The maximum absolute atomic E-state index is 3.37. The van der Waals surface area contributed by atoms with Gasteiger partial charge in [-0.2, -0.15) is 0 Å². The van der Waals surface area contributed by atoms with Crippen molar-refractivity contribution in [1.29, 1.82) is 0 Å². The summed E-state index contributed by atoms with van der Waals surface area (Å²) in [7, 11) is 0. The SMILES string of the molecule is CCCCC#[C][Mg][Br]. The number of hydrogen-bond donors (Lipinski definition) is 0. The Bertz CT molecular complexity index is 90.4.